The Kier molecular flexibility index (Phi) is 33.5. The number of carbonyl (C=O) groups is 1. The number of phosphoric acid groups is 1. The first-order valence-electron chi connectivity index (χ1n) is 19.7. The van der Waals surface area contributed by atoms with Gasteiger partial charge in [-0.1, -0.05) is 174 Å². The number of rotatable bonds is 37. The number of aliphatic hydroxyl groups is 2. The summed E-state index contributed by atoms with van der Waals surface area (Å²) in [5.41, 5.74) is 5.35. The van der Waals surface area contributed by atoms with Crippen LogP contribution in [0.2, 0.25) is 0 Å². The zero-order valence-corrected chi connectivity index (χ0v) is 31.5. The summed E-state index contributed by atoms with van der Waals surface area (Å²) in [5, 5.41) is 24.0. The Bertz CT molecular complexity index is 731. The van der Waals surface area contributed by atoms with Gasteiger partial charge in [-0.2, -0.15) is 0 Å². The fourth-order valence-electron chi connectivity index (χ4n) is 6.00. The fourth-order valence-corrected chi connectivity index (χ4v) is 6.76. The second-order valence-corrected chi connectivity index (χ2v) is 15.1. The number of carbonyl (C=O) groups excluding carboxylic acids is 1. The van der Waals surface area contributed by atoms with E-state index in [1.165, 1.54) is 122 Å². The smallest absolute Gasteiger partial charge is 0.393 e. The van der Waals surface area contributed by atoms with Crippen molar-refractivity contribution in [1.82, 2.24) is 5.32 Å². The molecule has 1 amide bonds. The van der Waals surface area contributed by atoms with Crippen LogP contribution >= 0.6 is 7.82 Å². The van der Waals surface area contributed by atoms with Crippen molar-refractivity contribution in [3.05, 3.63) is 0 Å². The Morgan fingerprint density at radius 2 is 1.02 bits per heavy atom. The zero-order valence-electron chi connectivity index (χ0n) is 30.7. The third-order valence-corrected chi connectivity index (χ3v) is 10.00. The van der Waals surface area contributed by atoms with Gasteiger partial charge in [-0.3, -0.25) is 13.8 Å². The molecule has 10 heteroatoms. The van der Waals surface area contributed by atoms with Gasteiger partial charge in [0.15, 0.2) is 0 Å². The van der Waals surface area contributed by atoms with Crippen molar-refractivity contribution in [2.45, 2.75) is 212 Å². The Hall–Kier alpha value is -0.540. The average Bonchev–Trinajstić information content (AvgIpc) is 3.04. The minimum atomic E-state index is -4.36. The monoisotopic (exact) mass is 693 g/mol. The van der Waals surface area contributed by atoms with Crippen LogP contribution in [0.3, 0.4) is 0 Å². The predicted octanol–water partition coefficient (Wildman–Crippen LogP) is 9.25. The molecule has 0 aliphatic heterocycles. The van der Waals surface area contributed by atoms with E-state index >= 15 is 0 Å². The molecular formula is C37H77N2O7P. The van der Waals surface area contributed by atoms with Crippen LogP contribution in [-0.2, 0) is 18.4 Å². The van der Waals surface area contributed by atoms with Gasteiger partial charge < -0.3 is 26.2 Å². The summed E-state index contributed by atoms with van der Waals surface area (Å²) in [5.74, 6) is -0.412. The molecule has 9 nitrogen and oxygen atoms in total. The summed E-state index contributed by atoms with van der Waals surface area (Å²) >= 11 is 0. The molecule has 0 aliphatic carbocycles. The van der Waals surface area contributed by atoms with Crippen molar-refractivity contribution >= 4 is 13.7 Å². The third kappa shape index (κ3) is 32.4. The topological polar surface area (TPSA) is 151 Å². The molecule has 4 unspecified atom stereocenters. The van der Waals surface area contributed by atoms with Crippen LogP contribution < -0.4 is 11.1 Å². The van der Waals surface area contributed by atoms with Crippen molar-refractivity contribution < 1.29 is 33.5 Å². The molecule has 0 saturated heterocycles. The van der Waals surface area contributed by atoms with E-state index in [1.54, 1.807) is 0 Å². The molecule has 0 fully saturated rings. The lowest BCUT2D eigenvalue weighted by atomic mass is 10.0. The van der Waals surface area contributed by atoms with Crippen LogP contribution in [0.15, 0.2) is 0 Å². The predicted molar refractivity (Wildman–Crippen MR) is 195 cm³/mol. The van der Waals surface area contributed by atoms with E-state index in [0.29, 0.717) is 12.8 Å². The van der Waals surface area contributed by atoms with E-state index in [9.17, 15) is 24.5 Å². The van der Waals surface area contributed by atoms with Gasteiger partial charge >= 0.3 is 7.82 Å². The molecule has 0 heterocycles. The summed E-state index contributed by atoms with van der Waals surface area (Å²) in [7, 11) is -4.36. The lowest BCUT2D eigenvalue weighted by molar-refractivity contribution is -0.125. The molecule has 0 saturated carbocycles. The Balaban J connectivity index is 4.27. The van der Waals surface area contributed by atoms with E-state index in [-0.39, 0.29) is 26.2 Å². The van der Waals surface area contributed by atoms with E-state index in [1.807, 2.05) is 0 Å². The molecule has 47 heavy (non-hydrogen) atoms. The second kappa shape index (κ2) is 33.9. The highest BCUT2D eigenvalue weighted by Gasteiger charge is 2.28. The lowest BCUT2D eigenvalue weighted by Gasteiger charge is -2.25. The highest BCUT2D eigenvalue weighted by Crippen LogP contribution is 2.43. The zero-order chi connectivity index (χ0) is 34.9. The van der Waals surface area contributed by atoms with Crippen LogP contribution in [0.5, 0.6) is 0 Å². The average molecular weight is 693 g/mol. The van der Waals surface area contributed by atoms with E-state index < -0.39 is 32.0 Å². The molecule has 0 rings (SSSR count). The van der Waals surface area contributed by atoms with Crippen LogP contribution in [0.4, 0.5) is 0 Å². The number of hydrogen-bond acceptors (Lipinski definition) is 7. The van der Waals surface area contributed by atoms with Gasteiger partial charge in [-0.25, -0.2) is 4.57 Å². The number of nitrogens with two attached hydrogens (primary N) is 1. The van der Waals surface area contributed by atoms with Crippen molar-refractivity contribution in [1.29, 1.82) is 0 Å². The normalized spacial score (nSPS) is 14.9. The summed E-state index contributed by atoms with van der Waals surface area (Å²) in [6, 6.07) is -0.888. The maximum atomic E-state index is 12.8. The maximum Gasteiger partial charge on any atom is 0.472 e. The number of aliphatic hydroxyl groups excluding tert-OH is 2. The number of amides is 1. The molecule has 0 spiro atoms. The SMILES string of the molecule is CCCCCCCCCCCCCCCCCC(O)CC(=O)NC(COP(=O)(O)OCCN)C(O)CCCCCCCCCCCC. The highest BCUT2D eigenvalue weighted by atomic mass is 31.2. The van der Waals surface area contributed by atoms with Gasteiger partial charge in [-0.05, 0) is 12.8 Å². The van der Waals surface area contributed by atoms with Crippen molar-refractivity contribution in [2.24, 2.45) is 5.73 Å². The molecule has 4 atom stereocenters. The standard InChI is InChI=1S/C37H77N2O7P/c1-3-5-7-9-11-13-15-16-17-18-19-20-22-24-26-28-34(40)32-37(42)39-35(33-46-47(43,44)45-31-30-38)36(41)29-27-25-23-21-14-12-10-8-6-4-2/h34-36,40-41H,3-33,38H2,1-2H3,(H,39,42)(H,43,44). The number of unbranched alkanes of at least 4 members (excludes halogenated alkanes) is 23. The second-order valence-electron chi connectivity index (χ2n) is 13.7. The molecule has 0 bridgehead atoms. The fraction of sp³-hybridized carbons (Fsp3) is 0.973. The highest BCUT2D eigenvalue weighted by molar-refractivity contribution is 7.47. The summed E-state index contributed by atoms with van der Waals surface area (Å²) in [6.45, 7) is 4.03. The number of phosphoric ester groups is 1. The molecule has 6 N–H and O–H groups in total. The van der Waals surface area contributed by atoms with Gasteiger partial charge in [0.05, 0.1) is 37.9 Å². The van der Waals surface area contributed by atoms with E-state index in [2.05, 4.69) is 19.2 Å². The first-order chi connectivity index (χ1) is 22.8. The van der Waals surface area contributed by atoms with Crippen molar-refractivity contribution in [3.63, 3.8) is 0 Å². The van der Waals surface area contributed by atoms with Crippen LogP contribution in [-0.4, -0.2) is 59.0 Å². The van der Waals surface area contributed by atoms with E-state index in [0.717, 1.165) is 38.5 Å². The van der Waals surface area contributed by atoms with Crippen molar-refractivity contribution in [3.8, 4) is 0 Å². The molecule has 0 aromatic carbocycles. The Morgan fingerprint density at radius 1 is 0.638 bits per heavy atom. The molecule has 0 aromatic rings. The van der Waals surface area contributed by atoms with Gasteiger partial charge in [0.2, 0.25) is 5.91 Å². The first kappa shape index (κ1) is 46.5. The minimum Gasteiger partial charge on any atom is -0.393 e. The number of hydrogen-bond donors (Lipinski definition) is 5. The largest absolute Gasteiger partial charge is 0.472 e. The molecule has 0 radical (unpaired) electrons. The summed E-state index contributed by atoms with van der Waals surface area (Å²) < 4.78 is 22.0. The first-order valence-corrected chi connectivity index (χ1v) is 21.2. The quantitative estimate of drug-likeness (QED) is 0.0319. The van der Waals surface area contributed by atoms with Crippen LogP contribution in [0.1, 0.15) is 194 Å². The molecule has 0 aromatic heterocycles. The van der Waals surface area contributed by atoms with Crippen molar-refractivity contribution in [2.75, 3.05) is 19.8 Å². The lowest BCUT2D eigenvalue weighted by Crippen LogP contribution is -2.47. The van der Waals surface area contributed by atoms with E-state index in [4.69, 9.17) is 14.8 Å². The van der Waals surface area contributed by atoms with Gasteiger partial charge in [0.1, 0.15) is 0 Å². The Labute approximate surface area is 289 Å². The molecule has 0 aliphatic rings. The third-order valence-electron chi connectivity index (χ3n) is 9.02. The van der Waals surface area contributed by atoms with Crippen LogP contribution in [0.25, 0.3) is 0 Å². The Morgan fingerprint density at radius 3 is 1.43 bits per heavy atom. The summed E-state index contributed by atoms with van der Waals surface area (Å²) in [6.07, 6.45) is 30.0. The summed E-state index contributed by atoms with van der Waals surface area (Å²) in [4.78, 5) is 22.7. The number of nitrogens with one attached hydrogen (secondary N) is 1. The minimum absolute atomic E-state index is 0.0622. The molecular weight excluding hydrogens is 615 g/mol. The van der Waals surface area contributed by atoms with Gasteiger partial charge in [0, 0.05) is 6.54 Å². The van der Waals surface area contributed by atoms with Crippen LogP contribution in [0, 0.1) is 0 Å². The maximum absolute atomic E-state index is 12.8. The molecule has 282 valence electrons. The van der Waals surface area contributed by atoms with Gasteiger partial charge in [-0.15, -0.1) is 0 Å². The van der Waals surface area contributed by atoms with Gasteiger partial charge in [0.25, 0.3) is 0 Å².